The van der Waals surface area contributed by atoms with Crippen LogP contribution in [0, 0.1) is 0 Å². The average Bonchev–Trinajstić information content (AvgIpc) is 3.16. The molecule has 2 aromatic carbocycles. The number of benzene rings is 2. The molecule has 1 N–H and O–H groups in total. The highest BCUT2D eigenvalue weighted by Crippen LogP contribution is 2.37. The Morgan fingerprint density at radius 3 is 2.37 bits per heavy atom. The topological polar surface area (TPSA) is 100.0 Å². The van der Waals surface area contributed by atoms with Crippen molar-refractivity contribution < 1.29 is 18.9 Å². The standard InChI is InChI=1S/C21H20N4O5/c1-27-13-5-6-15-14(9-13)18-19(24-15)21(26)25(11-22-18)23-10-12-7-16(28-2)20(30-4)17(8-12)29-3/h5-11,24H,1-4H3. The first kappa shape index (κ1) is 19.3. The number of H-pyrrole nitrogens is 1. The molecule has 9 heteroatoms. The summed E-state index contributed by atoms with van der Waals surface area (Å²) < 4.78 is 22.4. The molecule has 0 aliphatic carbocycles. The smallest absolute Gasteiger partial charge is 0.298 e. The van der Waals surface area contributed by atoms with Gasteiger partial charge in [0, 0.05) is 16.5 Å². The number of rotatable bonds is 6. The molecule has 4 rings (SSSR count). The Kier molecular flexibility index (Phi) is 5.01. The van der Waals surface area contributed by atoms with Crippen molar-refractivity contribution >= 4 is 28.2 Å². The van der Waals surface area contributed by atoms with Crippen molar-refractivity contribution in [3.05, 3.63) is 52.6 Å². The van der Waals surface area contributed by atoms with E-state index in [9.17, 15) is 4.79 Å². The number of aromatic nitrogens is 3. The van der Waals surface area contributed by atoms with Crippen LogP contribution < -0.4 is 24.5 Å². The van der Waals surface area contributed by atoms with E-state index in [1.807, 2.05) is 18.2 Å². The highest BCUT2D eigenvalue weighted by molar-refractivity contribution is 6.04. The van der Waals surface area contributed by atoms with Gasteiger partial charge in [0.15, 0.2) is 11.5 Å². The van der Waals surface area contributed by atoms with Crippen molar-refractivity contribution in [3.63, 3.8) is 0 Å². The molecule has 9 nitrogen and oxygen atoms in total. The van der Waals surface area contributed by atoms with E-state index in [2.05, 4.69) is 15.1 Å². The maximum atomic E-state index is 12.9. The van der Waals surface area contributed by atoms with Crippen LogP contribution in [0.1, 0.15) is 5.56 Å². The molecule has 2 heterocycles. The van der Waals surface area contributed by atoms with Crippen LogP contribution >= 0.6 is 0 Å². The molecular formula is C21H20N4O5. The number of aromatic amines is 1. The van der Waals surface area contributed by atoms with Gasteiger partial charge < -0.3 is 23.9 Å². The number of methoxy groups -OCH3 is 4. The second kappa shape index (κ2) is 7.78. The SMILES string of the molecule is COc1ccc2[nH]c3c(=O)n(N=Cc4cc(OC)c(OC)c(OC)c4)cnc3c2c1. The van der Waals surface area contributed by atoms with Crippen LogP contribution in [0.25, 0.3) is 21.9 Å². The summed E-state index contributed by atoms with van der Waals surface area (Å²) in [5.41, 5.74) is 2.06. The summed E-state index contributed by atoms with van der Waals surface area (Å²) in [5.74, 6) is 2.15. The first-order valence-corrected chi connectivity index (χ1v) is 9.01. The van der Waals surface area contributed by atoms with Crippen LogP contribution in [0.3, 0.4) is 0 Å². The molecule has 0 saturated carbocycles. The maximum absolute atomic E-state index is 12.9. The lowest BCUT2D eigenvalue weighted by Gasteiger charge is -2.12. The maximum Gasteiger partial charge on any atom is 0.298 e. The van der Waals surface area contributed by atoms with Gasteiger partial charge in [0.1, 0.15) is 23.1 Å². The van der Waals surface area contributed by atoms with E-state index < -0.39 is 0 Å². The Hall–Kier alpha value is -4.01. The van der Waals surface area contributed by atoms with Crippen LogP contribution in [-0.4, -0.2) is 49.3 Å². The molecule has 0 unspecified atom stereocenters. The third-order valence-electron chi connectivity index (χ3n) is 4.71. The minimum absolute atomic E-state index is 0.321. The molecule has 0 aliphatic heterocycles. The van der Waals surface area contributed by atoms with Crippen LogP contribution in [0.5, 0.6) is 23.0 Å². The van der Waals surface area contributed by atoms with Crippen molar-refractivity contribution in [3.8, 4) is 23.0 Å². The predicted molar refractivity (Wildman–Crippen MR) is 114 cm³/mol. The van der Waals surface area contributed by atoms with Crippen molar-refractivity contribution in [1.29, 1.82) is 0 Å². The summed E-state index contributed by atoms with van der Waals surface area (Å²) in [6, 6.07) is 8.97. The van der Waals surface area contributed by atoms with E-state index in [0.717, 1.165) is 15.6 Å². The molecule has 0 saturated heterocycles. The number of hydrogen-bond donors (Lipinski definition) is 1. The van der Waals surface area contributed by atoms with Gasteiger partial charge >= 0.3 is 0 Å². The van der Waals surface area contributed by atoms with Gasteiger partial charge in [0.05, 0.1) is 34.7 Å². The number of fused-ring (bicyclic) bond motifs is 3. The first-order valence-electron chi connectivity index (χ1n) is 9.01. The van der Waals surface area contributed by atoms with Gasteiger partial charge in [0.2, 0.25) is 5.75 Å². The van der Waals surface area contributed by atoms with Gasteiger partial charge in [-0.3, -0.25) is 4.79 Å². The van der Waals surface area contributed by atoms with E-state index >= 15 is 0 Å². The third kappa shape index (κ3) is 3.20. The van der Waals surface area contributed by atoms with Gasteiger partial charge in [0.25, 0.3) is 5.56 Å². The molecule has 2 aromatic heterocycles. The summed E-state index contributed by atoms with van der Waals surface area (Å²) in [6.07, 6.45) is 2.90. The molecule has 0 radical (unpaired) electrons. The number of nitrogens with zero attached hydrogens (tertiary/aromatic N) is 3. The van der Waals surface area contributed by atoms with E-state index in [1.165, 1.54) is 33.9 Å². The fraction of sp³-hybridized carbons (Fsp3) is 0.190. The van der Waals surface area contributed by atoms with E-state index in [0.29, 0.717) is 39.6 Å². The molecule has 0 fully saturated rings. The zero-order valence-electron chi connectivity index (χ0n) is 16.9. The fourth-order valence-corrected chi connectivity index (χ4v) is 3.24. The van der Waals surface area contributed by atoms with Gasteiger partial charge in [-0.05, 0) is 30.3 Å². The highest BCUT2D eigenvalue weighted by atomic mass is 16.5. The monoisotopic (exact) mass is 408 g/mol. The minimum atomic E-state index is -0.321. The summed E-state index contributed by atoms with van der Waals surface area (Å²) in [7, 11) is 6.19. The largest absolute Gasteiger partial charge is 0.497 e. The lowest BCUT2D eigenvalue weighted by molar-refractivity contribution is 0.324. The first-order chi connectivity index (χ1) is 14.6. The molecule has 154 valence electrons. The van der Waals surface area contributed by atoms with Crippen LogP contribution in [-0.2, 0) is 0 Å². The fourth-order valence-electron chi connectivity index (χ4n) is 3.24. The molecular weight excluding hydrogens is 388 g/mol. The van der Waals surface area contributed by atoms with Crippen molar-refractivity contribution in [2.75, 3.05) is 28.4 Å². The van der Waals surface area contributed by atoms with Crippen LogP contribution in [0.2, 0.25) is 0 Å². The normalized spacial score (nSPS) is 11.3. The molecule has 0 spiro atoms. The van der Waals surface area contributed by atoms with Crippen molar-refractivity contribution in [2.24, 2.45) is 5.10 Å². The van der Waals surface area contributed by atoms with E-state index in [1.54, 1.807) is 19.2 Å². The zero-order valence-corrected chi connectivity index (χ0v) is 16.9. The van der Waals surface area contributed by atoms with Gasteiger partial charge in [-0.1, -0.05) is 0 Å². The third-order valence-corrected chi connectivity index (χ3v) is 4.71. The lowest BCUT2D eigenvalue weighted by Crippen LogP contribution is -2.17. The van der Waals surface area contributed by atoms with E-state index in [-0.39, 0.29) is 5.56 Å². The molecule has 0 amide bonds. The quantitative estimate of drug-likeness (QED) is 0.493. The Bertz CT molecular complexity index is 1300. The molecule has 0 atom stereocenters. The van der Waals surface area contributed by atoms with Gasteiger partial charge in [-0.25, -0.2) is 4.98 Å². The Balaban J connectivity index is 1.77. The van der Waals surface area contributed by atoms with Crippen molar-refractivity contribution in [1.82, 2.24) is 14.6 Å². The summed E-state index contributed by atoms with van der Waals surface area (Å²) >= 11 is 0. The van der Waals surface area contributed by atoms with E-state index in [4.69, 9.17) is 18.9 Å². The molecule has 4 aromatic rings. The molecule has 30 heavy (non-hydrogen) atoms. The predicted octanol–water partition coefficient (Wildman–Crippen LogP) is 2.79. The number of hydrogen-bond acceptors (Lipinski definition) is 7. The van der Waals surface area contributed by atoms with Crippen molar-refractivity contribution in [2.45, 2.75) is 0 Å². The Morgan fingerprint density at radius 1 is 1.00 bits per heavy atom. The number of ether oxygens (including phenoxy) is 4. The summed E-state index contributed by atoms with van der Waals surface area (Å²) in [5, 5.41) is 5.06. The van der Waals surface area contributed by atoms with Gasteiger partial charge in [-0.15, -0.1) is 0 Å². The molecule has 0 bridgehead atoms. The Morgan fingerprint density at radius 2 is 1.73 bits per heavy atom. The van der Waals surface area contributed by atoms with Crippen LogP contribution in [0.15, 0.2) is 46.6 Å². The second-order valence-electron chi connectivity index (χ2n) is 6.36. The van der Waals surface area contributed by atoms with Crippen LogP contribution in [0.4, 0.5) is 0 Å². The average molecular weight is 408 g/mol. The molecule has 0 aliphatic rings. The highest BCUT2D eigenvalue weighted by Gasteiger charge is 2.13. The van der Waals surface area contributed by atoms with Gasteiger partial charge in [-0.2, -0.15) is 9.78 Å². The lowest BCUT2D eigenvalue weighted by atomic mass is 10.2. The second-order valence-corrected chi connectivity index (χ2v) is 6.36. The Labute approximate surface area is 171 Å². The summed E-state index contributed by atoms with van der Waals surface area (Å²) in [4.78, 5) is 20.4. The zero-order chi connectivity index (χ0) is 21.3. The summed E-state index contributed by atoms with van der Waals surface area (Å²) in [6.45, 7) is 0. The minimum Gasteiger partial charge on any atom is -0.497 e. The number of nitrogens with one attached hydrogen (secondary N) is 1.